The highest BCUT2D eigenvalue weighted by atomic mass is 16.5. The fourth-order valence-electron chi connectivity index (χ4n) is 2.32. The van der Waals surface area contributed by atoms with Crippen molar-refractivity contribution in [1.29, 1.82) is 0 Å². The number of aromatic nitrogens is 2. The van der Waals surface area contributed by atoms with Gasteiger partial charge in [-0.1, -0.05) is 20.8 Å². The summed E-state index contributed by atoms with van der Waals surface area (Å²) in [6, 6.07) is 7.98. The zero-order valence-corrected chi connectivity index (χ0v) is 13.4. The first kappa shape index (κ1) is 15.4. The SMILES string of the molecule is CCCOc1ccc(-c2nc(C)n(CC(C)C)c2N)cc1. The lowest BCUT2D eigenvalue weighted by atomic mass is 10.1. The second-order valence-corrected chi connectivity index (χ2v) is 5.77. The van der Waals surface area contributed by atoms with E-state index in [1.807, 2.05) is 31.2 Å². The summed E-state index contributed by atoms with van der Waals surface area (Å²) in [5.41, 5.74) is 8.16. The average Bonchev–Trinajstić information content (AvgIpc) is 2.73. The zero-order valence-electron chi connectivity index (χ0n) is 13.4. The van der Waals surface area contributed by atoms with Gasteiger partial charge < -0.3 is 15.0 Å². The van der Waals surface area contributed by atoms with Crippen molar-refractivity contribution >= 4 is 5.82 Å². The van der Waals surface area contributed by atoms with E-state index in [0.717, 1.165) is 48.2 Å². The number of rotatable bonds is 6. The van der Waals surface area contributed by atoms with Crippen molar-refractivity contribution in [2.24, 2.45) is 5.92 Å². The second kappa shape index (κ2) is 6.66. The number of hydrogen-bond acceptors (Lipinski definition) is 3. The molecule has 0 atom stereocenters. The molecule has 1 aromatic carbocycles. The summed E-state index contributed by atoms with van der Waals surface area (Å²) >= 11 is 0. The van der Waals surface area contributed by atoms with E-state index in [1.54, 1.807) is 0 Å². The Morgan fingerprint density at radius 1 is 1.24 bits per heavy atom. The Kier molecular flexibility index (Phi) is 4.89. The summed E-state index contributed by atoms with van der Waals surface area (Å²) in [4.78, 5) is 4.62. The van der Waals surface area contributed by atoms with Crippen LogP contribution in [0.15, 0.2) is 24.3 Å². The quantitative estimate of drug-likeness (QED) is 0.877. The smallest absolute Gasteiger partial charge is 0.131 e. The molecule has 0 bridgehead atoms. The molecule has 2 aromatic rings. The third-order valence-electron chi connectivity index (χ3n) is 3.35. The van der Waals surface area contributed by atoms with E-state index in [1.165, 1.54) is 0 Å². The Morgan fingerprint density at radius 2 is 1.90 bits per heavy atom. The van der Waals surface area contributed by atoms with Crippen LogP contribution < -0.4 is 10.5 Å². The van der Waals surface area contributed by atoms with Gasteiger partial charge >= 0.3 is 0 Å². The number of aryl methyl sites for hydroxylation is 1. The van der Waals surface area contributed by atoms with Gasteiger partial charge in [-0.05, 0) is 43.5 Å². The van der Waals surface area contributed by atoms with E-state index in [-0.39, 0.29) is 0 Å². The summed E-state index contributed by atoms with van der Waals surface area (Å²) in [6.07, 6.45) is 1.01. The van der Waals surface area contributed by atoms with Gasteiger partial charge in [-0.2, -0.15) is 0 Å². The number of ether oxygens (including phenoxy) is 1. The summed E-state index contributed by atoms with van der Waals surface area (Å²) in [5.74, 6) is 3.13. The van der Waals surface area contributed by atoms with Gasteiger partial charge in [0.05, 0.1) is 6.61 Å². The lowest BCUT2D eigenvalue weighted by molar-refractivity contribution is 0.317. The number of nitrogen functional groups attached to an aromatic ring is 1. The minimum atomic E-state index is 0.540. The first-order chi connectivity index (χ1) is 10.0. The molecule has 0 saturated carbocycles. The molecule has 21 heavy (non-hydrogen) atoms. The molecule has 0 aliphatic carbocycles. The summed E-state index contributed by atoms with van der Waals surface area (Å²) in [5, 5.41) is 0. The van der Waals surface area contributed by atoms with Crippen molar-refractivity contribution in [1.82, 2.24) is 9.55 Å². The van der Waals surface area contributed by atoms with Crippen LogP contribution in [0.1, 0.15) is 33.0 Å². The molecule has 0 amide bonds. The monoisotopic (exact) mass is 287 g/mol. The van der Waals surface area contributed by atoms with Gasteiger partial charge in [0.25, 0.3) is 0 Å². The number of imidazole rings is 1. The highest BCUT2D eigenvalue weighted by molar-refractivity contribution is 5.71. The lowest BCUT2D eigenvalue weighted by Gasteiger charge is -2.10. The molecule has 4 heteroatoms. The second-order valence-electron chi connectivity index (χ2n) is 5.77. The number of anilines is 1. The van der Waals surface area contributed by atoms with Crippen molar-refractivity contribution in [3.63, 3.8) is 0 Å². The number of benzene rings is 1. The van der Waals surface area contributed by atoms with Crippen molar-refractivity contribution < 1.29 is 4.74 Å². The van der Waals surface area contributed by atoms with Gasteiger partial charge in [0.1, 0.15) is 23.1 Å². The molecule has 1 heterocycles. The first-order valence-corrected chi connectivity index (χ1v) is 7.58. The van der Waals surface area contributed by atoms with E-state index >= 15 is 0 Å². The highest BCUT2D eigenvalue weighted by Crippen LogP contribution is 2.28. The van der Waals surface area contributed by atoms with Crippen molar-refractivity contribution in [2.75, 3.05) is 12.3 Å². The molecule has 0 unspecified atom stereocenters. The van der Waals surface area contributed by atoms with Gasteiger partial charge in [0.15, 0.2) is 0 Å². The average molecular weight is 287 g/mol. The van der Waals surface area contributed by atoms with Crippen molar-refractivity contribution in [3.05, 3.63) is 30.1 Å². The standard InChI is InChI=1S/C17H25N3O/c1-5-10-21-15-8-6-14(7-9-15)16-17(18)20(11-12(2)3)13(4)19-16/h6-9,12H,5,10-11,18H2,1-4H3. The Hall–Kier alpha value is -1.97. The first-order valence-electron chi connectivity index (χ1n) is 7.58. The van der Waals surface area contributed by atoms with Crippen LogP contribution in [0.3, 0.4) is 0 Å². The molecular formula is C17H25N3O. The summed E-state index contributed by atoms with van der Waals surface area (Å²) < 4.78 is 7.69. The van der Waals surface area contributed by atoms with Crippen LogP contribution in [0, 0.1) is 12.8 Å². The van der Waals surface area contributed by atoms with E-state index in [2.05, 4.69) is 30.3 Å². The minimum absolute atomic E-state index is 0.540. The third kappa shape index (κ3) is 3.57. The molecule has 4 nitrogen and oxygen atoms in total. The lowest BCUT2D eigenvalue weighted by Crippen LogP contribution is -2.09. The fourth-order valence-corrected chi connectivity index (χ4v) is 2.32. The Bertz CT molecular complexity index is 585. The zero-order chi connectivity index (χ0) is 15.4. The molecule has 2 rings (SSSR count). The van der Waals surface area contributed by atoms with Gasteiger partial charge in [-0.3, -0.25) is 0 Å². The molecule has 0 fully saturated rings. The minimum Gasteiger partial charge on any atom is -0.494 e. The molecule has 1 aromatic heterocycles. The van der Waals surface area contributed by atoms with Gasteiger partial charge in [-0.15, -0.1) is 0 Å². The van der Waals surface area contributed by atoms with Crippen LogP contribution in [0.25, 0.3) is 11.3 Å². The predicted molar refractivity (Wildman–Crippen MR) is 87.4 cm³/mol. The molecule has 0 radical (unpaired) electrons. The maximum Gasteiger partial charge on any atom is 0.131 e. The normalized spacial score (nSPS) is 11.1. The van der Waals surface area contributed by atoms with E-state index in [4.69, 9.17) is 10.5 Å². The molecule has 0 aliphatic rings. The van der Waals surface area contributed by atoms with Crippen molar-refractivity contribution in [2.45, 2.75) is 40.7 Å². The predicted octanol–water partition coefficient (Wildman–Crippen LogP) is 3.89. The molecule has 114 valence electrons. The Labute approximate surface area is 127 Å². The maximum atomic E-state index is 6.27. The molecule has 0 aliphatic heterocycles. The number of nitrogens with two attached hydrogens (primary N) is 1. The van der Waals surface area contributed by atoms with Crippen LogP contribution in [0.2, 0.25) is 0 Å². The molecular weight excluding hydrogens is 262 g/mol. The molecule has 2 N–H and O–H groups in total. The van der Waals surface area contributed by atoms with Crippen LogP contribution in [-0.4, -0.2) is 16.2 Å². The molecule has 0 saturated heterocycles. The van der Waals surface area contributed by atoms with E-state index < -0.39 is 0 Å². The van der Waals surface area contributed by atoms with Crippen LogP contribution in [0.5, 0.6) is 5.75 Å². The summed E-state index contributed by atoms with van der Waals surface area (Å²) in [6.45, 7) is 10.1. The molecule has 0 spiro atoms. The van der Waals surface area contributed by atoms with Crippen LogP contribution in [-0.2, 0) is 6.54 Å². The largest absolute Gasteiger partial charge is 0.494 e. The number of nitrogens with zero attached hydrogens (tertiary/aromatic N) is 2. The Morgan fingerprint density at radius 3 is 2.48 bits per heavy atom. The van der Waals surface area contributed by atoms with Crippen LogP contribution >= 0.6 is 0 Å². The highest BCUT2D eigenvalue weighted by Gasteiger charge is 2.14. The van der Waals surface area contributed by atoms with Crippen molar-refractivity contribution in [3.8, 4) is 17.0 Å². The van der Waals surface area contributed by atoms with Gasteiger partial charge in [-0.25, -0.2) is 4.98 Å². The summed E-state index contributed by atoms with van der Waals surface area (Å²) in [7, 11) is 0. The third-order valence-corrected chi connectivity index (χ3v) is 3.35. The van der Waals surface area contributed by atoms with Gasteiger partial charge in [0, 0.05) is 12.1 Å². The number of hydrogen-bond donors (Lipinski definition) is 1. The topological polar surface area (TPSA) is 53.1 Å². The fraction of sp³-hybridized carbons (Fsp3) is 0.471. The van der Waals surface area contributed by atoms with Crippen LogP contribution in [0.4, 0.5) is 5.82 Å². The van der Waals surface area contributed by atoms with Gasteiger partial charge in [0.2, 0.25) is 0 Å². The van der Waals surface area contributed by atoms with E-state index in [9.17, 15) is 0 Å². The van der Waals surface area contributed by atoms with E-state index in [0.29, 0.717) is 5.92 Å². The maximum absolute atomic E-state index is 6.27. The Balaban J connectivity index is 2.25.